The van der Waals surface area contributed by atoms with Gasteiger partial charge in [-0.1, -0.05) is 18.2 Å². The van der Waals surface area contributed by atoms with E-state index in [4.69, 9.17) is 11.6 Å². The maximum Gasteiger partial charge on any atom is 0.197 e. The summed E-state index contributed by atoms with van der Waals surface area (Å²) in [6.07, 6.45) is 1.99. The zero-order valence-electron chi connectivity index (χ0n) is 13.0. The number of aromatic nitrogens is 1. The first kappa shape index (κ1) is 15.1. The highest BCUT2D eigenvalue weighted by atomic mass is 35.5. The van der Waals surface area contributed by atoms with Crippen molar-refractivity contribution < 1.29 is 0 Å². The Bertz CT molecular complexity index is 895. The second-order valence-corrected chi connectivity index (χ2v) is 6.25. The fourth-order valence-electron chi connectivity index (χ4n) is 3.25. The molecule has 0 atom stereocenters. The van der Waals surface area contributed by atoms with Crippen LogP contribution in [0.3, 0.4) is 0 Å². The Hall–Kier alpha value is -1.80. The molecule has 0 spiro atoms. The maximum absolute atomic E-state index is 12.8. The molecule has 0 aliphatic carbocycles. The van der Waals surface area contributed by atoms with Gasteiger partial charge in [0.1, 0.15) is 0 Å². The summed E-state index contributed by atoms with van der Waals surface area (Å²) in [5, 5.41) is 1.62. The van der Waals surface area contributed by atoms with E-state index in [2.05, 4.69) is 17.6 Å². The summed E-state index contributed by atoms with van der Waals surface area (Å²) in [5.41, 5.74) is 4.49. The Labute approximate surface area is 135 Å². The molecule has 22 heavy (non-hydrogen) atoms. The lowest BCUT2D eigenvalue weighted by Crippen LogP contribution is -2.13. The molecule has 0 amide bonds. The Kier molecular flexibility index (Phi) is 4.21. The highest BCUT2D eigenvalue weighted by Gasteiger charge is 2.12. The molecule has 1 heterocycles. The Morgan fingerprint density at radius 1 is 1.05 bits per heavy atom. The van der Waals surface area contributed by atoms with Crippen molar-refractivity contribution in [3.8, 4) is 0 Å². The Balaban J connectivity index is 2.40. The van der Waals surface area contributed by atoms with Gasteiger partial charge in [-0.05, 0) is 56.0 Å². The minimum Gasteiger partial charge on any atom is -0.340 e. The van der Waals surface area contributed by atoms with E-state index in [1.807, 2.05) is 37.3 Å². The number of pyridine rings is 1. The summed E-state index contributed by atoms with van der Waals surface area (Å²) in [4.78, 5) is 12.8. The number of hydrogen-bond acceptors (Lipinski definition) is 1. The lowest BCUT2D eigenvalue weighted by atomic mass is 10.0. The third-order valence-corrected chi connectivity index (χ3v) is 4.43. The van der Waals surface area contributed by atoms with Crippen LogP contribution in [0.25, 0.3) is 21.8 Å². The van der Waals surface area contributed by atoms with Crippen LogP contribution >= 0.6 is 11.6 Å². The molecule has 0 fully saturated rings. The zero-order valence-corrected chi connectivity index (χ0v) is 13.8. The first-order valence-corrected chi connectivity index (χ1v) is 8.25. The predicted molar refractivity (Wildman–Crippen MR) is 95.1 cm³/mol. The van der Waals surface area contributed by atoms with Gasteiger partial charge in [0.15, 0.2) is 5.43 Å². The van der Waals surface area contributed by atoms with Crippen molar-refractivity contribution in [2.45, 2.75) is 33.2 Å². The van der Waals surface area contributed by atoms with Gasteiger partial charge in [0, 0.05) is 23.2 Å². The number of hydrogen-bond donors (Lipinski definition) is 0. The number of nitrogens with zero attached hydrogens (tertiary/aromatic N) is 1. The molecular weight excluding hydrogens is 294 g/mol. The van der Waals surface area contributed by atoms with Crippen molar-refractivity contribution in [2.75, 3.05) is 5.88 Å². The Morgan fingerprint density at radius 3 is 2.59 bits per heavy atom. The molecule has 0 unspecified atom stereocenters. The minimum atomic E-state index is 0.131. The lowest BCUT2D eigenvalue weighted by molar-refractivity contribution is 0.664. The predicted octanol–water partition coefficient (Wildman–Crippen LogP) is 4.79. The van der Waals surface area contributed by atoms with E-state index >= 15 is 0 Å². The van der Waals surface area contributed by atoms with E-state index in [1.165, 1.54) is 0 Å². The molecule has 0 aliphatic heterocycles. The van der Waals surface area contributed by atoms with Crippen LogP contribution in [0.5, 0.6) is 0 Å². The van der Waals surface area contributed by atoms with Crippen LogP contribution in [-0.2, 0) is 6.54 Å². The van der Waals surface area contributed by atoms with Crippen molar-refractivity contribution >= 4 is 33.4 Å². The molecule has 0 saturated carbocycles. The van der Waals surface area contributed by atoms with Gasteiger partial charge in [-0.15, -0.1) is 11.6 Å². The fraction of sp³-hybridized carbons (Fsp3) is 0.316. The standard InChI is InChI=1S/C19H20ClNO/c1-13-11-14(2)18-16(12-13)19(22)15-7-3-4-8-17(15)21(18)10-6-5-9-20/h3-4,7-8,11-12H,5-6,9-10H2,1-2H3. The second kappa shape index (κ2) is 6.13. The van der Waals surface area contributed by atoms with Gasteiger partial charge in [0.05, 0.1) is 11.0 Å². The summed E-state index contributed by atoms with van der Waals surface area (Å²) in [7, 11) is 0. The van der Waals surface area contributed by atoms with Gasteiger partial charge in [-0.2, -0.15) is 0 Å². The molecule has 0 radical (unpaired) electrons. The summed E-state index contributed by atoms with van der Waals surface area (Å²) >= 11 is 5.82. The highest BCUT2D eigenvalue weighted by Crippen LogP contribution is 2.24. The number of unbranched alkanes of at least 4 members (excludes halogenated alkanes) is 1. The highest BCUT2D eigenvalue weighted by molar-refractivity contribution is 6.17. The number of halogens is 1. The molecule has 3 rings (SSSR count). The molecule has 0 bridgehead atoms. The molecule has 114 valence electrons. The van der Waals surface area contributed by atoms with Crippen molar-refractivity contribution in [1.82, 2.24) is 4.57 Å². The van der Waals surface area contributed by atoms with Crippen molar-refractivity contribution in [3.05, 3.63) is 57.7 Å². The molecule has 3 heteroatoms. The topological polar surface area (TPSA) is 22.0 Å². The Morgan fingerprint density at radius 2 is 1.82 bits per heavy atom. The molecule has 0 N–H and O–H groups in total. The van der Waals surface area contributed by atoms with Crippen LogP contribution in [0.2, 0.25) is 0 Å². The smallest absolute Gasteiger partial charge is 0.197 e. The third kappa shape index (κ3) is 2.52. The van der Waals surface area contributed by atoms with E-state index < -0.39 is 0 Å². The average Bonchev–Trinajstić information content (AvgIpc) is 2.51. The number of para-hydroxylation sites is 1. The van der Waals surface area contributed by atoms with Gasteiger partial charge < -0.3 is 4.57 Å². The van der Waals surface area contributed by atoms with E-state index in [0.29, 0.717) is 5.88 Å². The van der Waals surface area contributed by atoms with Gasteiger partial charge in [-0.3, -0.25) is 4.79 Å². The first-order valence-electron chi connectivity index (χ1n) is 7.72. The van der Waals surface area contributed by atoms with Crippen LogP contribution < -0.4 is 5.43 Å². The second-order valence-electron chi connectivity index (χ2n) is 5.87. The van der Waals surface area contributed by atoms with Crippen molar-refractivity contribution in [1.29, 1.82) is 0 Å². The van der Waals surface area contributed by atoms with Crippen LogP contribution in [0.1, 0.15) is 24.0 Å². The van der Waals surface area contributed by atoms with E-state index in [-0.39, 0.29) is 5.43 Å². The summed E-state index contributed by atoms with van der Waals surface area (Å²) in [5.74, 6) is 0.675. The summed E-state index contributed by atoms with van der Waals surface area (Å²) in [6, 6.07) is 12.0. The SMILES string of the molecule is Cc1cc(C)c2c(c1)c(=O)c1ccccc1n2CCCCCl. The van der Waals surface area contributed by atoms with Crippen molar-refractivity contribution in [2.24, 2.45) is 0 Å². The normalized spacial score (nSPS) is 11.4. The minimum absolute atomic E-state index is 0.131. The first-order chi connectivity index (χ1) is 10.6. The zero-order chi connectivity index (χ0) is 15.7. The van der Waals surface area contributed by atoms with Gasteiger partial charge >= 0.3 is 0 Å². The monoisotopic (exact) mass is 313 g/mol. The van der Waals surface area contributed by atoms with Gasteiger partial charge in [0.2, 0.25) is 0 Å². The maximum atomic E-state index is 12.8. The van der Waals surface area contributed by atoms with E-state index in [9.17, 15) is 4.79 Å². The largest absolute Gasteiger partial charge is 0.340 e. The van der Waals surface area contributed by atoms with Crippen LogP contribution in [0.4, 0.5) is 0 Å². The molecule has 0 aliphatic rings. The fourth-order valence-corrected chi connectivity index (χ4v) is 3.44. The number of rotatable bonds is 4. The molecule has 2 nitrogen and oxygen atoms in total. The summed E-state index contributed by atoms with van der Waals surface area (Å²) in [6.45, 7) is 5.01. The third-order valence-electron chi connectivity index (χ3n) is 4.16. The average molecular weight is 314 g/mol. The van der Waals surface area contributed by atoms with Gasteiger partial charge in [0.25, 0.3) is 0 Å². The number of aryl methyl sites for hydroxylation is 3. The number of fused-ring (bicyclic) bond motifs is 2. The van der Waals surface area contributed by atoms with Crippen LogP contribution in [-0.4, -0.2) is 10.4 Å². The van der Waals surface area contributed by atoms with E-state index in [0.717, 1.165) is 52.3 Å². The molecule has 1 aromatic heterocycles. The number of benzene rings is 2. The summed E-state index contributed by atoms with van der Waals surface area (Å²) < 4.78 is 2.29. The van der Waals surface area contributed by atoms with Gasteiger partial charge in [-0.25, -0.2) is 0 Å². The van der Waals surface area contributed by atoms with Crippen LogP contribution in [0, 0.1) is 13.8 Å². The van der Waals surface area contributed by atoms with E-state index in [1.54, 1.807) is 0 Å². The van der Waals surface area contributed by atoms with Crippen molar-refractivity contribution in [3.63, 3.8) is 0 Å². The van der Waals surface area contributed by atoms with Crippen LogP contribution in [0.15, 0.2) is 41.2 Å². The molecule has 3 aromatic rings. The molecule has 2 aromatic carbocycles. The number of alkyl halides is 1. The molecule has 0 saturated heterocycles. The molecular formula is C19H20ClNO. The quantitative estimate of drug-likeness (QED) is 0.385. The lowest BCUT2D eigenvalue weighted by Gasteiger charge is -2.17.